The highest BCUT2D eigenvalue weighted by Crippen LogP contribution is 2.22. The Labute approximate surface area is 123 Å². The highest BCUT2D eigenvalue weighted by atomic mass is 35.5. The number of carbonyl (C=O) groups is 1. The van der Waals surface area contributed by atoms with Crippen LogP contribution in [-0.2, 0) is 11.2 Å². The summed E-state index contributed by atoms with van der Waals surface area (Å²) < 4.78 is 0. The summed E-state index contributed by atoms with van der Waals surface area (Å²) in [5.41, 5.74) is 10.2. The van der Waals surface area contributed by atoms with Crippen molar-refractivity contribution in [3.63, 3.8) is 0 Å². The number of nitrogens with one attached hydrogen (secondary N) is 1. The molecule has 0 spiro atoms. The zero-order valence-electron chi connectivity index (χ0n) is 11.5. The minimum Gasteiger partial charge on any atom is -0.398 e. The van der Waals surface area contributed by atoms with Gasteiger partial charge in [0, 0.05) is 16.4 Å². The molecule has 0 bridgehead atoms. The molecule has 0 saturated heterocycles. The molecule has 0 aliphatic rings. The highest BCUT2D eigenvalue weighted by molar-refractivity contribution is 6.30. The molecular weight excluding hydrogens is 272 g/mol. The molecule has 2 rings (SSSR count). The number of rotatable bonds is 3. The van der Waals surface area contributed by atoms with Crippen LogP contribution in [0.3, 0.4) is 0 Å². The fraction of sp³-hybridized carbons (Fsp3) is 0.188. The largest absolute Gasteiger partial charge is 0.398 e. The van der Waals surface area contributed by atoms with Gasteiger partial charge in [-0.1, -0.05) is 29.8 Å². The van der Waals surface area contributed by atoms with Crippen LogP contribution in [0.25, 0.3) is 0 Å². The third-order valence-electron chi connectivity index (χ3n) is 3.14. The Balaban J connectivity index is 2.10. The van der Waals surface area contributed by atoms with Gasteiger partial charge in [0.2, 0.25) is 5.91 Å². The van der Waals surface area contributed by atoms with Crippen LogP contribution in [0.2, 0.25) is 5.02 Å². The minimum absolute atomic E-state index is 0.0846. The van der Waals surface area contributed by atoms with Crippen molar-refractivity contribution in [1.82, 2.24) is 0 Å². The second kappa shape index (κ2) is 5.97. The second-order valence-electron chi connectivity index (χ2n) is 4.88. The van der Waals surface area contributed by atoms with Crippen LogP contribution in [0.1, 0.15) is 16.7 Å². The summed E-state index contributed by atoms with van der Waals surface area (Å²) in [6.07, 6.45) is 0.285. The van der Waals surface area contributed by atoms with Gasteiger partial charge >= 0.3 is 0 Å². The van der Waals surface area contributed by atoms with Crippen LogP contribution in [0.15, 0.2) is 36.4 Å². The molecular formula is C16H17ClN2O. The monoisotopic (exact) mass is 288 g/mol. The molecule has 0 aromatic heterocycles. The van der Waals surface area contributed by atoms with Gasteiger partial charge in [-0.3, -0.25) is 4.79 Å². The van der Waals surface area contributed by atoms with Gasteiger partial charge in [0.1, 0.15) is 0 Å². The summed E-state index contributed by atoms with van der Waals surface area (Å²) in [6.45, 7) is 3.89. The normalized spacial score (nSPS) is 10.3. The lowest BCUT2D eigenvalue weighted by Crippen LogP contribution is -2.15. The summed E-state index contributed by atoms with van der Waals surface area (Å²) in [4.78, 5) is 12.0. The topological polar surface area (TPSA) is 55.1 Å². The van der Waals surface area contributed by atoms with Crippen LogP contribution in [-0.4, -0.2) is 5.91 Å². The molecule has 104 valence electrons. The van der Waals surface area contributed by atoms with Crippen molar-refractivity contribution in [3.05, 3.63) is 58.1 Å². The fourth-order valence-electron chi connectivity index (χ4n) is 2.03. The van der Waals surface area contributed by atoms with Crippen molar-refractivity contribution in [2.45, 2.75) is 20.3 Å². The smallest absolute Gasteiger partial charge is 0.228 e. The third-order valence-corrected chi connectivity index (χ3v) is 3.38. The van der Waals surface area contributed by atoms with Crippen molar-refractivity contribution in [1.29, 1.82) is 0 Å². The summed E-state index contributed by atoms with van der Waals surface area (Å²) in [6, 6.07) is 11.0. The van der Waals surface area contributed by atoms with E-state index in [0.717, 1.165) is 22.4 Å². The van der Waals surface area contributed by atoms with E-state index in [0.29, 0.717) is 10.7 Å². The lowest BCUT2D eigenvalue weighted by atomic mass is 10.1. The summed E-state index contributed by atoms with van der Waals surface area (Å²) >= 11 is 5.90. The summed E-state index contributed by atoms with van der Waals surface area (Å²) in [5.74, 6) is -0.0846. The van der Waals surface area contributed by atoms with Crippen LogP contribution >= 0.6 is 11.6 Å². The minimum atomic E-state index is -0.0846. The third kappa shape index (κ3) is 3.52. The van der Waals surface area contributed by atoms with Gasteiger partial charge in [-0.25, -0.2) is 0 Å². The Morgan fingerprint density at radius 2 is 1.95 bits per heavy atom. The Morgan fingerprint density at radius 3 is 2.65 bits per heavy atom. The number of hydrogen-bond acceptors (Lipinski definition) is 2. The second-order valence-corrected chi connectivity index (χ2v) is 5.32. The van der Waals surface area contributed by atoms with Crippen LogP contribution < -0.4 is 11.1 Å². The molecule has 0 saturated carbocycles. The van der Waals surface area contributed by atoms with E-state index >= 15 is 0 Å². The number of carbonyl (C=O) groups excluding carboxylic acids is 1. The number of halogens is 1. The molecule has 2 aromatic carbocycles. The summed E-state index contributed by atoms with van der Waals surface area (Å²) in [5, 5.41) is 3.51. The molecule has 0 heterocycles. The first kappa shape index (κ1) is 14.4. The van der Waals surface area contributed by atoms with E-state index in [2.05, 4.69) is 5.32 Å². The number of amides is 1. The average Bonchev–Trinajstić information content (AvgIpc) is 2.36. The van der Waals surface area contributed by atoms with Gasteiger partial charge < -0.3 is 11.1 Å². The molecule has 20 heavy (non-hydrogen) atoms. The van der Waals surface area contributed by atoms with E-state index in [-0.39, 0.29) is 12.3 Å². The van der Waals surface area contributed by atoms with Crippen molar-refractivity contribution in [3.8, 4) is 0 Å². The molecule has 3 N–H and O–H groups in total. The van der Waals surface area contributed by atoms with Gasteiger partial charge in [-0.2, -0.15) is 0 Å². The van der Waals surface area contributed by atoms with Crippen molar-refractivity contribution in [2.24, 2.45) is 0 Å². The van der Waals surface area contributed by atoms with Gasteiger partial charge in [0.05, 0.1) is 6.42 Å². The van der Waals surface area contributed by atoms with E-state index in [4.69, 9.17) is 17.3 Å². The molecule has 3 nitrogen and oxygen atoms in total. The molecule has 0 unspecified atom stereocenters. The molecule has 0 atom stereocenters. The van der Waals surface area contributed by atoms with Crippen molar-refractivity contribution < 1.29 is 4.79 Å². The maximum atomic E-state index is 12.0. The van der Waals surface area contributed by atoms with Gasteiger partial charge in [0.15, 0.2) is 0 Å². The van der Waals surface area contributed by atoms with E-state index in [1.165, 1.54) is 0 Å². The maximum Gasteiger partial charge on any atom is 0.228 e. The number of aryl methyl sites for hydroxylation is 2. The zero-order valence-corrected chi connectivity index (χ0v) is 12.3. The van der Waals surface area contributed by atoms with Gasteiger partial charge in [-0.15, -0.1) is 0 Å². The van der Waals surface area contributed by atoms with Crippen LogP contribution in [0.5, 0.6) is 0 Å². The van der Waals surface area contributed by atoms with E-state index in [1.807, 2.05) is 32.0 Å². The molecule has 0 radical (unpaired) electrons. The number of anilines is 2. The first-order chi connectivity index (χ1) is 9.45. The van der Waals surface area contributed by atoms with Crippen LogP contribution in [0, 0.1) is 13.8 Å². The molecule has 0 fully saturated rings. The Bertz CT molecular complexity index is 653. The van der Waals surface area contributed by atoms with Gasteiger partial charge in [0.25, 0.3) is 0 Å². The first-order valence-corrected chi connectivity index (χ1v) is 6.74. The highest BCUT2D eigenvalue weighted by Gasteiger charge is 2.08. The Kier molecular flexibility index (Phi) is 4.30. The SMILES string of the molecule is Cc1cc(C)c(NC(=O)Cc2cccc(Cl)c2)cc1N. The standard InChI is InChI=1S/C16H17ClN2O/c1-10-6-11(2)15(9-14(10)18)19-16(20)8-12-4-3-5-13(17)7-12/h3-7,9H,8,18H2,1-2H3,(H,19,20). The lowest BCUT2D eigenvalue weighted by molar-refractivity contribution is -0.115. The van der Waals surface area contributed by atoms with E-state index < -0.39 is 0 Å². The van der Waals surface area contributed by atoms with Crippen molar-refractivity contribution in [2.75, 3.05) is 11.1 Å². The number of benzene rings is 2. The quantitative estimate of drug-likeness (QED) is 0.846. The number of nitrogens with two attached hydrogens (primary N) is 1. The zero-order chi connectivity index (χ0) is 14.7. The maximum absolute atomic E-state index is 12.0. The van der Waals surface area contributed by atoms with Gasteiger partial charge in [-0.05, 0) is 48.7 Å². The summed E-state index contributed by atoms with van der Waals surface area (Å²) in [7, 11) is 0. The van der Waals surface area contributed by atoms with Crippen molar-refractivity contribution >= 4 is 28.9 Å². The predicted molar refractivity (Wildman–Crippen MR) is 84.1 cm³/mol. The number of nitrogen functional groups attached to an aromatic ring is 1. The van der Waals surface area contributed by atoms with E-state index in [9.17, 15) is 4.79 Å². The molecule has 0 aliphatic heterocycles. The predicted octanol–water partition coefficient (Wildman–Crippen LogP) is 3.72. The first-order valence-electron chi connectivity index (χ1n) is 6.36. The Morgan fingerprint density at radius 1 is 1.20 bits per heavy atom. The molecule has 1 amide bonds. The van der Waals surface area contributed by atoms with E-state index in [1.54, 1.807) is 18.2 Å². The lowest BCUT2D eigenvalue weighted by Gasteiger charge is -2.11. The Hall–Kier alpha value is -2.00. The number of hydrogen-bond donors (Lipinski definition) is 2. The molecule has 0 aliphatic carbocycles. The molecule has 2 aromatic rings. The molecule has 4 heteroatoms. The van der Waals surface area contributed by atoms with Crippen LogP contribution in [0.4, 0.5) is 11.4 Å². The average molecular weight is 289 g/mol. The fourth-order valence-corrected chi connectivity index (χ4v) is 2.24.